The van der Waals surface area contributed by atoms with Crippen LogP contribution in [0.15, 0.2) is 30.3 Å². The number of likely N-dealkylation sites (tertiary alicyclic amines) is 1. The number of halogens is 1. The number of nitrogens with zero attached hydrogens (tertiary/aromatic N) is 1. The van der Waals surface area contributed by atoms with Crippen LogP contribution in [0.4, 0.5) is 5.69 Å². The van der Waals surface area contributed by atoms with Crippen molar-refractivity contribution < 1.29 is 24.2 Å². The van der Waals surface area contributed by atoms with E-state index in [0.717, 1.165) is 12.8 Å². The van der Waals surface area contributed by atoms with Gasteiger partial charge in [-0.25, -0.2) is 0 Å². The van der Waals surface area contributed by atoms with Crippen molar-refractivity contribution in [3.05, 3.63) is 30.3 Å². The molecule has 1 aromatic rings. The summed E-state index contributed by atoms with van der Waals surface area (Å²) < 4.78 is 6.34. The van der Waals surface area contributed by atoms with E-state index in [4.69, 9.17) is 4.74 Å². The van der Waals surface area contributed by atoms with Crippen molar-refractivity contribution in [2.24, 2.45) is 11.8 Å². The molecule has 4 rings (SSSR count). The van der Waals surface area contributed by atoms with Gasteiger partial charge in [0.1, 0.15) is 11.6 Å². The number of aliphatic hydroxyl groups excluding tert-OH is 1. The summed E-state index contributed by atoms with van der Waals surface area (Å²) in [7, 11) is 0. The van der Waals surface area contributed by atoms with Gasteiger partial charge in [0, 0.05) is 23.6 Å². The predicted octanol–water partition coefficient (Wildman–Crippen LogP) is 1.28. The van der Waals surface area contributed by atoms with Gasteiger partial charge in [0.25, 0.3) is 0 Å². The number of benzene rings is 1. The monoisotopic (exact) mass is 493 g/mol. The molecule has 8 nitrogen and oxygen atoms in total. The van der Waals surface area contributed by atoms with Gasteiger partial charge in [-0.3, -0.25) is 14.4 Å². The Kier molecular flexibility index (Phi) is 6.37. The summed E-state index contributed by atoms with van der Waals surface area (Å²) in [5.74, 6) is -2.37. The highest BCUT2D eigenvalue weighted by molar-refractivity contribution is 9.09. The van der Waals surface area contributed by atoms with Crippen molar-refractivity contribution >= 4 is 39.3 Å². The molecule has 3 heterocycles. The van der Waals surface area contributed by atoms with Crippen LogP contribution < -0.4 is 10.6 Å². The van der Waals surface area contributed by atoms with Gasteiger partial charge in [-0.05, 0) is 25.0 Å². The van der Waals surface area contributed by atoms with E-state index in [9.17, 15) is 19.5 Å². The minimum absolute atomic E-state index is 0.0248. The lowest BCUT2D eigenvalue weighted by molar-refractivity contribution is -0.141. The number of rotatable bonds is 8. The number of unbranched alkanes of at least 4 members (excludes halogenated alkanes) is 1. The van der Waals surface area contributed by atoms with E-state index in [1.54, 1.807) is 12.1 Å². The number of carbonyl (C=O) groups is 3. The first-order valence-electron chi connectivity index (χ1n) is 10.8. The third-order valence-corrected chi connectivity index (χ3v) is 7.40. The molecule has 0 aliphatic carbocycles. The van der Waals surface area contributed by atoms with E-state index < -0.39 is 29.6 Å². The molecule has 0 aromatic heterocycles. The normalized spacial score (nSPS) is 33.5. The van der Waals surface area contributed by atoms with Gasteiger partial charge in [0.15, 0.2) is 0 Å². The van der Waals surface area contributed by atoms with Gasteiger partial charge < -0.3 is 25.4 Å². The number of hydrogen-bond donors (Lipinski definition) is 3. The van der Waals surface area contributed by atoms with E-state index in [1.165, 1.54) is 4.90 Å². The third kappa shape index (κ3) is 3.66. The van der Waals surface area contributed by atoms with Crippen LogP contribution in [0.1, 0.15) is 26.2 Å². The Bertz CT molecular complexity index is 853. The molecule has 3 aliphatic rings. The topological polar surface area (TPSA) is 108 Å². The summed E-state index contributed by atoms with van der Waals surface area (Å²) in [5, 5.41) is 15.4. The van der Waals surface area contributed by atoms with E-state index >= 15 is 0 Å². The fourth-order valence-corrected chi connectivity index (χ4v) is 6.25. The SMILES string of the molecule is CCCCNC(=O)C1N(CCO)C(=O)[C@@H]2[C@H](C(=O)Nc3ccccc3)[C@H]3OC12CC3Br. The minimum Gasteiger partial charge on any atom is -0.395 e. The summed E-state index contributed by atoms with van der Waals surface area (Å²) >= 11 is 3.62. The number of β-amino-alcohol motifs (C(OH)–C–C–N with tert-alkyl or cyclic N) is 1. The van der Waals surface area contributed by atoms with Crippen molar-refractivity contribution in [1.82, 2.24) is 10.2 Å². The molecule has 9 heteroatoms. The van der Waals surface area contributed by atoms with Gasteiger partial charge in [-0.2, -0.15) is 0 Å². The van der Waals surface area contributed by atoms with E-state index in [-0.39, 0.29) is 35.7 Å². The summed E-state index contributed by atoms with van der Waals surface area (Å²) in [6, 6.07) is 8.20. The van der Waals surface area contributed by atoms with Crippen molar-refractivity contribution in [3.8, 4) is 0 Å². The Morgan fingerprint density at radius 2 is 2.03 bits per heavy atom. The zero-order valence-corrected chi connectivity index (χ0v) is 19.0. The first-order chi connectivity index (χ1) is 14.9. The largest absolute Gasteiger partial charge is 0.395 e. The standard InChI is InChI=1S/C22H28BrN3O5/c1-2-3-9-24-20(29)18-22-12-14(23)17(31-22)15(16(22)21(30)26(18)10-11-27)19(28)25-13-7-5-4-6-8-13/h4-8,14-18,27H,2-3,9-12H2,1H3,(H,24,29)(H,25,28)/t14?,15-,16-,17-,18?,22?/m0/s1. The Hall–Kier alpha value is -1.97. The number of aliphatic hydroxyl groups is 1. The fourth-order valence-electron chi connectivity index (χ4n) is 5.31. The smallest absolute Gasteiger partial charge is 0.245 e. The highest BCUT2D eigenvalue weighted by Crippen LogP contribution is 2.60. The number of alkyl halides is 1. The van der Waals surface area contributed by atoms with Crippen LogP contribution >= 0.6 is 15.9 Å². The molecule has 3 saturated heterocycles. The fraction of sp³-hybridized carbons (Fsp3) is 0.591. The molecule has 0 radical (unpaired) electrons. The third-order valence-electron chi connectivity index (χ3n) is 6.55. The Balaban J connectivity index is 1.65. The lowest BCUT2D eigenvalue weighted by Crippen LogP contribution is -2.56. The molecule has 6 atom stereocenters. The lowest BCUT2D eigenvalue weighted by Gasteiger charge is -2.34. The molecule has 3 fully saturated rings. The summed E-state index contributed by atoms with van der Waals surface area (Å²) in [6.07, 6.45) is 1.72. The molecular weight excluding hydrogens is 466 g/mol. The van der Waals surface area contributed by atoms with E-state index in [1.807, 2.05) is 25.1 Å². The summed E-state index contributed by atoms with van der Waals surface area (Å²) in [5.41, 5.74) is -0.443. The van der Waals surface area contributed by atoms with Crippen LogP contribution in [-0.2, 0) is 19.1 Å². The average molecular weight is 494 g/mol. The number of fused-ring (bicyclic) bond motifs is 1. The lowest BCUT2D eigenvalue weighted by atomic mass is 9.70. The Labute approximate surface area is 189 Å². The number of carbonyl (C=O) groups excluding carboxylic acids is 3. The molecule has 31 heavy (non-hydrogen) atoms. The van der Waals surface area contributed by atoms with Crippen LogP contribution in [0.25, 0.3) is 0 Å². The van der Waals surface area contributed by atoms with Gasteiger partial charge in [-0.1, -0.05) is 47.5 Å². The quantitative estimate of drug-likeness (QED) is 0.373. The summed E-state index contributed by atoms with van der Waals surface area (Å²) in [4.78, 5) is 41.1. The molecule has 3 N–H and O–H groups in total. The molecule has 0 saturated carbocycles. The van der Waals surface area contributed by atoms with Crippen LogP contribution in [-0.4, -0.2) is 70.0 Å². The van der Waals surface area contributed by atoms with Crippen molar-refractivity contribution in [2.45, 2.75) is 48.8 Å². The van der Waals surface area contributed by atoms with Crippen LogP contribution in [0.5, 0.6) is 0 Å². The zero-order chi connectivity index (χ0) is 22.2. The van der Waals surface area contributed by atoms with Crippen LogP contribution in [0.2, 0.25) is 0 Å². The van der Waals surface area contributed by atoms with Crippen molar-refractivity contribution in [1.29, 1.82) is 0 Å². The maximum Gasteiger partial charge on any atom is 0.245 e. The summed E-state index contributed by atoms with van der Waals surface area (Å²) in [6.45, 7) is 2.30. The molecule has 3 amide bonds. The highest BCUT2D eigenvalue weighted by atomic mass is 79.9. The second-order valence-electron chi connectivity index (χ2n) is 8.42. The molecule has 3 unspecified atom stereocenters. The van der Waals surface area contributed by atoms with Crippen LogP contribution in [0.3, 0.4) is 0 Å². The van der Waals surface area contributed by atoms with Crippen LogP contribution in [0, 0.1) is 11.8 Å². The number of amides is 3. The first-order valence-corrected chi connectivity index (χ1v) is 11.7. The maximum atomic E-state index is 13.4. The zero-order valence-electron chi connectivity index (χ0n) is 17.4. The average Bonchev–Trinajstić information content (AvgIpc) is 3.33. The van der Waals surface area contributed by atoms with Crippen molar-refractivity contribution in [2.75, 3.05) is 25.0 Å². The van der Waals surface area contributed by atoms with E-state index in [2.05, 4.69) is 26.6 Å². The van der Waals surface area contributed by atoms with Gasteiger partial charge in [0.05, 0.1) is 24.5 Å². The molecule has 2 bridgehead atoms. The number of nitrogens with one attached hydrogen (secondary N) is 2. The minimum atomic E-state index is -1.08. The predicted molar refractivity (Wildman–Crippen MR) is 117 cm³/mol. The highest BCUT2D eigenvalue weighted by Gasteiger charge is 2.76. The van der Waals surface area contributed by atoms with Crippen molar-refractivity contribution in [3.63, 3.8) is 0 Å². The number of ether oxygens (including phenoxy) is 1. The van der Waals surface area contributed by atoms with E-state index in [0.29, 0.717) is 18.7 Å². The maximum absolute atomic E-state index is 13.4. The number of anilines is 1. The Morgan fingerprint density at radius 1 is 1.29 bits per heavy atom. The molecular formula is C22H28BrN3O5. The number of hydrogen-bond acceptors (Lipinski definition) is 5. The van der Waals surface area contributed by atoms with Gasteiger partial charge in [-0.15, -0.1) is 0 Å². The molecule has 168 valence electrons. The molecule has 3 aliphatic heterocycles. The second kappa shape index (κ2) is 8.88. The van der Waals surface area contributed by atoms with Gasteiger partial charge >= 0.3 is 0 Å². The molecule has 1 aromatic carbocycles. The molecule has 1 spiro atoms. The Morgan fingerprint density at radius 3 is 2.71 bits per heavy atom. The first kappa shape index (κ1) is 22.2. The van der Waals surface area contributed by atoms with Gasteiger partial charge in [0.2, 0.25) is 17.7 Å². The second-order valence-corrected chi connectivity index (χ2v) is 9.59. The number of para-hydroxylation sites is 1.